The van der Waals surface area contributed by atoms with Crippen molar-refractivity contribution in [3.8, 4) is 17.4 Å². The van der Waals surface area contributed by atoms with E-state index in [-0.39, 0.29) is 0 Å². The van der Waals surface area contributed by atoms with Crippen LogP contribution in [-0.4, -0.2) is 35.6 Å². The summed E-state index contributed by atoms with van der Waals surface area (Å²) in [5.41, 5.74) is 0.998. The Morgan fingerprint density at radius 1 is 1.03 bits per heavy atom. The Hall–Kier alpha value is -3.13. The molecule has 0 saturated carbocycles. The lowest BCUT2D eigenvalue weighted by molar-refractivity contribution is 0.319. The van der Waals surface area contributed by atoms with Crippen LogP contribution in [0.25, 0.3) is 0 Å². The Labute approximate surface area is 187 Å². The van der Waals surface area contributed by atoms with Gasteiger partial charge in [0.05, 0.1) is 18.2 Å². The van der Waals surface area contributed by atoms with Crippen molar-refractivity contribution in [2.45, 2.75) is 33.7 Å². The molecule has 31 heavy (non-hydrogen) atoms. The first-order valence-electron chi connectivity index (χ1n) is 10.5. The Morgan fingerprint density at radius 3 is 2.55 bits per heavy atom. The summed E-state index contributed by atoms with van der Waals surface area (Å²) < 4.78 is 11.5. The van der Waals surface area contributed by atoms with Crippen LogP contribution in [0.1, 0.15) is 29.3 Å². The van der Waals surface area contributed by atoms with Crippen molar-refractivity contribution >= 4 is 17.3 Å². The second-order valence-corrected chi connectivity index (χ2v) is 8.04. The summed E-state index contributed by atoms with van der Waals surface area (Å²) in [5.74, 6) is 2.65. The predicted molar refractivity (Wildman–Crippen MR) is 125 cm³/mol. The molecule has 2 heterocycles. The Bertz CT molecular complexity index is 972. The van der Waals surface area contributed by atoms with Crippen molar-refractivity contribution in [3.63, 3.8) is 0 Å². The van der Waals surface area contributed by atoms with Crippen LogP contribution in [-0.2, 0) is 13.0 Å². The van der Waals surface area contributed by atoms with E-state index in [0.717, 1.165) is 36.0 Å². The van der Waals surface area contributed by atoms with E-state index in [1.807, 2.05) is 49.5 Å². The maximum atomic E-state index is 5.88. The molecule has 8 heteroatoms. The summed E-state index contributed by atoms with van der Waals surface area (Å²) in [6.07, 6.45) is 4.57. The van der Waals surface area contributed by atoms with Gasteiger partial charge in [0, 0.05) is 42.8 Å². The first-order chi connectivity index (χ1) is 15.2. The third-order valence-electron chi connectivity index (χ3n) is 4.23. The highest BCUT2D eigenvalue weighted by atomic mass is 32.1. The maximum Gasteiger partial charge on any atom is 0.219 e. The number of thiazole rings is 1. The molecule has 0 aliphatic rings. The van der Waals surface area contributed by atoms with E-state index < -0.39 is 0 Å². The van der Waals surface area contributed by atoms with Crippen molar-refractivity contribution in [3.05, 3.63) is 64.2 Å². The van der Waals surface area contributed by atoms with Crippen LogP contribution in [0.2, 0.25) is 0 Å². The van der Waals surface area contributed by atoms with Gasteiger partial charge >= 0.3 is 0 Å². The Morgan fingerprint density at radius 2 is 1.87 bits per heavy atom. The molecule has 0 bridgehead atoms. The summed E-state index contributed by atoms with van der Waals surface area (Å²) in [4.78, 5) is 14.7. The topological polar surface area (TPSA) is 80.7 Å². The van der Waals surface area contributed by atoms with Crippen molar-refractivity contribution < 1.29 is 9.47 Å². The van der Waals surface area contributed by atoms with E-state index in [2.05, 4.69) is 39.4 Å². The molecule has 0 aliphatic heterocycles. The Kier molecular flexibility index (Phi) is 8.66. The van der Waals surface area contributed by atoms with Gasteiger partial charge in [-0.2, -0.15) is 0 Å². The molecule has 2 aromatic heterocycles. The average molecular weight is 440 g/mol. The van der Waals surface area contributed by atoms with Crippen molar-refractivity contribution in [1.82, 2.24) is 20.6 Å². The number of hydrogen-bond acceptors (Lipinski definition) is 6. The molecule has 0 unspecified atom stereocenters. The molecular weight excluding hydrogens is 410 g/mol. The lowest BCUT2D eigenvalue weighted by atomic mass is 10.3. The average Bonchev–Trinajstić information content (AvgIpc) is 3.19. The number of para-hydroxylation sites is 2. The summed E-state index contributed by atoms with van der Waals surface area (Å²) in [6, 6.07) is 11.4. The van der Waals surface area contributed by atoms with Crippen LogP contribution in [0.15, 0.2) is 53.8 Å². The SMILES string of the molecule is CCNC(=NCc1ccc(Oc2ccccc2OCC)nc1)NCCc1ncc(C)s1. The van der Waals surface area contributed by atoms with Gasteiger partial charge in [-0.3, -0.25) is 0 Å². The first kappa shape index (κ1) is 22.6. The van der Waals surface area contributed by atoms with Gasteiger partial charge in [-0.05, 0) is 38.5 Å². The number of ether oxygens (including phenoxy) is 2. The number of hydrogen-bond donors (Lipinski definition) is 2. The molecule has 1 aromatic carbocycles. The van der Waals surface area contributed by atoms with Crippen LogP contribution in [0.3, 0.4) is 0 Å². The van der Waals surface area contributed by atoms with Crippen LogP contribution in [0, 0.1) is 6.92 Å². The summed E-state index contributed by atoms with van der Waals surface area (Å²) in [5, 5.41) is 7.76. The van der Waals surface area contributed by atoms with Gasteiger partial charge in [-0.15, -0.1) is 11.3 Å². The van der Waals surface area contributed by atoms with Gasteiger partial charge in [-0.25, -0.2) is 15.0 Å². The van der Waals surface area contributed by atoms with E-state index >= 15 is 0 Å². The molecule has 0 atom stereocenters. The molecule has 0 amide bonds. The number of nitrogens with one attached hydrogen (secondary N) is 2. The van der Waals surface area contributed by atoms with Gasteiger partial charge in [0.15, 0.2) is 17.5 Å². The number of guanidine groups is 1. The molecule has 3 rings (SSSR count). The van der Waals surface area contributed by atoms with E-state index in [1.165, 1.54) is 4.88 Å². The van der Waals surface area contributed by atoms with Crippen LogP contribution in [0.4, 0.5) is 0 Å². The fourth-order valence-electron chi connectivity index (χ4n) is 2.80. The fourth-order valence-corrected chi connectivity index (χ4v) is 3.59. The zero-order chi connectivity index (χ0) is 21.9. The van der Waals surface area contributed by atoms with Gasteiger partial charge < -0.3 is 20.1 Å². The molecule has 2 N–H and O–H groups in total. The summed E-state index contributed by atoms with van der Waals surface area (Å²) in [6.45, 7) is 8.75. The standard InChI is InChI=1S/C23H29N5O2S/c1-4-24-23(25-13-12-22-27-14-17(3)31-22)28-16-18-10-11-21(26-15-18)30-20-9-7-6-8-19(20)29-5-2/h6-11,14-15H,4-5,12-13,16H2,1-3H3,(H2,24,25,28). The molecule has 0 spiro atoms. The Balaban J connectivity index is 1.55. The van der Waals surface area contributed by atoms with Gasteiger partial charge in [-0.1, -0.05) is 18.2 Å². The van der Waals surface area contributed by atoms with E-state index in [9.17, 15) is 0 Å². The van der Waals surface area contributed by atoms with Crippen molar-refractivity contribution in [2.24, 2.45) is 4.99 Å². The van der Waals surface area contributed by atoms with E-state index in [1.54, 1.807) is 17.5 Å². The second-order valence-electron chi connectivity index (χ2n) is 6.72. The highest BCUT2D eigenvalue weighted by molar-refractivity contribution is 7.11. The zero-order valence-electron chi connectivity index (χ0n) is 18.2. The number of rotatable bonds is 10. The van der Waals surface area contributed by atoms with E-state index in [0.29, 0.717) is 30.5 Å². The minimum Gasteiger partial charge on any atom is -0.490 e. The van der Waals surface area contributed by atoms with Crippen LogP contribution >= 0.6 is 11.3 Å². The number of aromatic nitrogens is 2. The largest absolute Gasteiger partial charge is 0.490 e. The third kappa shape index (κ3) is 7.25. The number of aliphatic imine (C=N–C) groups is 1. The number of aryl methyl sites for hydroxylation is 1. The summed E-state index contributed by atoms with van der Waals surface area (Å²) >= 11 is 1.73. The second kappa shape index (κ2) is 11.9. The molecule has 0 radical (unpaired) electrons. The van der Waals surface area contributed by atoms with E-state index in [4.69, 9.17) is 9.47 Å². The monoisotopic (exact) mass is 439 g/mol. The molecular formula is C23H29N5O2S. The van der Waals surface area contributed by atoms with Crippen molar-refractivity contribution in [2.75, 3.05) is 19.7 Å². The predicted octanol–water partition coefficient (Wildman–Crippen LogP) is 4.34. The zero-order valence-corrected chi connectivity index (χ0v) is 19.0. The molecule has 3 aromatic rings. The molecule has 7 nitrogen and oxygen atoms in total. The van der Waals surface area contributed by atoms with Gasteiger partial charge in [0.25, 0.3) is 0 Å². The lowest BCUT2D eigenvalue weighted by Crippen LogP contribution is -2.38. The number of pyridine rings is 1. The van der Waals surface area contributed by atoms with Crippen LogP contribution < -0.4 is 20.1 Å². The highest BCUT2D eigenvalue weighted by Crippen LogP contribution is 2.30. The number of benzene rings is 1. The van der Waals surface area contributed by atoms with Gasteiger partial charge in [0.2, 0.25) is 5.88 Å². The molecule has 0 aliphatic carbocycles. The molecule has 0 fully saturated rings. The fraction of sp³-hybridized carbons (Fsp3) is 0.348. The van der Waals surface area contributed by atoms with Crippen molar-refractivity contribution in [1.29, 1.82) is 0 Å². The molecule has 164 valence electrons. The maximum absolute atomic E-state index is 5.88. The van der Waals surface area contributed by atoms with Gasteiger partial charge in [0.1, 0.15) is 0 Å². The minimum atomic E-state index is 0.517. The lowest BCUT2D eigenvalue weighted by Gasteiger charge is -2.11. The summed E-state index contributed by atoms with van der Waals surface area (Å²) in [7, 11) is 0. The smallest absolute Gasteiger partial charge is 0.219 e. The highest BCUT2D eigenvalue weighted by Gasteiger charge is 2.06. The number of nitrogens with zero attached hydrogens (tertiary/aromatic N) is 3. The van der Waals surface area contributed by atoms with Crippen LogP contribution in [0.5, 0.6) is 17.4 Å². The minimum absolute atomic E-state index is 0.517. The first-order valence-corrected chi connectivity index (χ1v) is 11.3. The molecule has 0 saturated heterocycles. The quantitative estimate of drug-likeness (QED) is 0.361. The normalized spacial score (nSPS) is 11.3. The third-order valence-corrected chi connectivity index (χ3v) is 5.20.